The van der Waals surface area contributed by atoms with Crippen LogP contribution in [0.15, 0.2) is 42.5 Å². The molecular weight excluding hydrogens is 488 g/mol. The van der Waals surface area contributed by atoms with Crippen molar-refractivity contribution in [2.24, 2.45) is 0 Å². The number of carbonyl (C=O) groups is 2. The van der Waals surface area contributed by atoms with Crippen LogP contribution < -0.4 is 10.1 Å². The molecule has 1 aromatic heterocycles. The molecule has 7 nitrogen and oxygen atoms in total. The van der Waals surface area contributed by atoms with E-state index in [1.807, 2.05) is 60.9 Å². The highest BCUT2D eigenvalue weighted by molar-refractivity contribution is 5.82. The molecule has 2 aliphatic rings. The number of aryl methyl sites for hydroxylation is 2. The minimum absolute atomic E-state index is 0.0689. The molecule has 7 heteroatoms. The van der Waals surface area contributed by atoms with Crippen molar-refractivity contribution in [1.29, 1.82) is 0 Å². The van der Waals surface area contributed by atoms with Crippen LogP contribution in [0.25, 0.3) is 11.0 Å². The SMILES string of the molecule is Cc1ccc(C)c(OCC(=O)NCc2nc3ccccc3n2CC(=O)N(C2CCCCC2)C2CCCCC2)c1. The summed E-state index contributed by atoms with van der Waals surface area (Å²) in [6.07, 6.45) is 11.8. The van der Waals surface area contributed by atoms with E-state index in [4.69, 9.17) is 9.72 Å². The molecule has 0 radical (unpaired) electrons. The van der Waals surface area contributed by atoms with Crippen LogP contribution in [0, 0.1) is 13.8 Å². The van der Waals surface area contributed by atoms with Crippen LogP contribution in [0.1, 0.15) is 81.2 Å². The van der Waals surface area contributed by atoms with Gasteiger partial charge in [0.05, 0.1) is 17.6 Å². The number of nitrogens with one attached hydrogen (secondary N) is 1. The number of carbonyl (C=O) groups excluding carboxylic acids is 2. The van der Waals surface area contributed by atoms with Crippen molar-refractivity contribution in [1.82, 2.24) is 19.8 Å². The Morgan fingerprint density at radius 3 is 2.31 bits per heavy atom. The minimum atomic E-state index is -0.216. The molecule has 0 saturated heterocycles. The summed E-state index contributed by atoms with van der Waals surface area (Å²) in [7, 11) is 0. The molecule has 2 saturated carbocycles. The van der Waals surface area contributed by atoms with Crippen molar-refractivity contribution in [2.75, 3.05) is 6.61 Å². The number of hydrogen-bond donors (Lipinski definition) is 1. The van der Waals surface area contributed by atoms with Crippen molar-refractivity contribution in [3.63, 3.8) is 0 Å². The lowest BCUT2D eigenvalue weighted by Crippen LogP contribution is -2.50. The Kier molecular flexibility index (Phi) is 8.84. The zero-order chi connectivity index (χ0) is 27.2. The number of benzene rings is 2. The lowest BCUT2D eigenvalue weighted by molar-refractivity contribution is -0.138. The van der Waals surface area contributed by atoms with Gasteiger partial charge in [0.15, 0.2) is 6.61 Å². The number of ether oxygens (including phenoxy) is 1. The monoisotopic (exact) mass is 530 g/mol. The molecule has 208 valence electrons. The summed E-state index contributed by atoms with van der Waals surface area (Å²) in [4.78, 5) is 33.8. The maximum atomic E-state index is 14.0. The second-order valence-electron chi connectivity index (χ2n) is 11.3. The van der Waals surface area contributed by atoms with E-state index >= 15 is 0 Å². The fourth-order valence-corrected chi connectivity index (χ4v) is 6.31. The lowest BCUT2D eigenvalue weighted by atomic mass is 9.88. The average molecular weight is 531 g/mol. The summed E-state index contributed by atoms with van der Waals surface area (Å²) >= 11 is 0. The zero-order valence-corrected chi connectivity index (χ0v) is 23.5. The smallest absolute Gasteiger partial charge is 0.258 e. The van der Waals surface area contributed by atoms with E-state index < -0.39 is 0 Å². The Labute approximate surface area is 231 Å². The molecule has 0 aliphatic heterocycles. The molecule has 2 aliphatic carbocycles. The average Bonchev–Trinajstić information content (AvgIpc) is 3.30. The Morgan fingerprint density at radius 1 is 0.949 bits per heavy atom. The van der Waals surface area contributed by atoms with Crippen LogP contribution in [0.4, 0.5) is 0 Å². The first-order valence-corrected chi connectivity index (χ1v) is 14.7. The summed E-state index contributed by atoms with van der Waals surface area (Å²) in [5, 5.41) is 2.96. The molecule has 3 aromatic rings. The number of aromatic nitrogens is 2. The van der Waals surface area contributed by atoms with E-state index in [9.17, 15) is 9.59 Å². The van der Waals surface area contributed by atoms with Crippen molar-refractivity contribution < 1.29 is 14.3 Å². The summed E-state index contributed by atoms with van der Waals surface area (Å²) in [5.74, 6) is 1.38. The standard InChI is InChI=1S/C32H42N4O3/c1-23-17-18-24(2)29(19-23)39-22-31(37)33-20-30-34-27-15-9-10-16-28(27)35(30)21-32(38)36(25-11-5-3-6-12-25)26-13-7-4-8-14-26/h9-10,15-19,25-26H,3-8,11-14,20-22H2,1-2H3,(H,33,37). The molecule has 1 heterocycles. The Hall–Kier alpha value is -3.35. The molecule has 39 heavy (non-hydrogen) atoms. The van der Waals surface area contributed by atoms with Crippen molar-refractivity contribution in [2.45, 2.75) is 103 Å². The van der Waals surface area contributed by atoms with Gasteiger partial charge < -0.3 is 19.5 Å². The van der Waals surface area contributed by atoms with E-state index in [2.05, 4.69) is 10.2 Å². The van der Waals surface area contributed by atoms with Gasteiger partial charge in [-0.3, -0.25) is 9.59 Å². The minimum Gasteiger partial charge on any atom is -0.483 e. The normalized spacial score (nSPS) is 16.8. The maximum absolute atomic E-state index is 14.0. The zero-order valence-electron chi connectivity index (χ0n) is 23.5. The third kappa shape index (κ3) is 6.63. The van der Waals surface area contributed by atoms with E-state index in [0.717, 1.165) is 47.8 Å². The number of imidazole rings is 1. The van der Waals surface area contributed by atoms with Crippen molar-refractivity contribution >= 4 is 22.8 Å². The van der Waals surface area contributed by atoms with Gasteiger partial charge in [-0.2, -0.15) is 0 Å². The molecule has 2 amide bonds. The van der Waals surface area contributed by atoms with Crippen LogP contribution in [0.3, 0.4) is 0 Å². The van der Waals surface area contributed by atoms with Crippen LogP contribution in [0.2, 0.25) is 0 Å². The number of rotatable bonds is 9. The lowest BCUT2D eigenvalue weighted by Gasteiger charge is -2.42. The van der Waals surface area contributed by atoms with Gasteiger partial charge in [-0.05, 0) is 68.9 Å². The van der Waals surface area contributed by atoms with Crippen molar-refractivity contribution in [3.8, 4) is 5.75 Å². The Balaban J connectivity index is 1.31. The highest BCUT2D eigenvalue weighted by Crippen LogP contribution is 2.31. The topological polar surface area (TPSA) is 76.5 Å². The van der Waals surface area contributed by atoms with Gasteiger partial charge in [0.25, 0.3) is 5.91 Å². The number of nitrogens with zero attached hydrogens (tertiary/aromatic N) is 3. The van der Waals surface area contributed by atoms with Gasteiger partial charge in [0.2, 0.25) is 5.91 Å². The molecular formula is C32H42N4O3. The van der Waals surface area contributed by atoms with Gasteiger partial charge in [-0.15, -0.1) is 0 Å². The molecule has 0 bridgehead atoms. The predicted molar refractivity (Wildman–Crippen MR) is 154 cm³/mol. The molecule has 1 N–H and O–H groups in total. The first-order valence-electron chi connectivity index (χ1n) is 14.7. The van der Waals surface area contributed by atoms with Gasteiger partial charge in [0.1, 0.15) is 18.1 Å². The first-order chi connectivity index (χ1) is 19.0. The highest BCUT2D eigenvalue weighted by Gasteiger charge is 2.33. The number of fused-ring (bicyclic) bond motifs is 1. The number of hydrogen-bond acceptors (Lipinski definition) is 4. The Bertz CT molecular complexity index is 1270. The third-order valence-corrected chi connectivity index (χ3v) is 8.40. The molecule has 0 atom stereocenters. The largest absolute Gasteiger partial charge is 0.483 e. The van der Waals surface area contributed by atoms with Crippen LogP contribution >= 0.6 is 0 Å². The van der Waals surface area contributed by atoms with Gasteiger partial charge >= 0.3 is 0 Å². The fraction of sp³-hybridized carbons (Fsp3) is 0.531. The molecule has 5 rings (SSSR count). The van der Waals surface area contributed by atoms with Crippen LogP contribution in [0.5, 0.6) is 5.75 Å². The molecule has 0 spiro atoms. The quantitative estimate of drug-likeness (QED) is 0.377. The van der Waals surface area contributed by atoms with E-state index in [0.29, 0.717) is 23.7 Å². The fourth-order valence-electron chi connectivity index (χ4n) is 6.31. The van der Waals surface area contributed by atoms with E-state index in [1.54, 1.807) is 0 Å². The van der Waals surface area contributed by atoms with Crippen LogP contribution in [-0.2, 0) is 22.7 Å². The van der Waals surface area contributed by atoms with Gasteiger partial charge in [-0.25, -0.2) is 4.98 Å². The molecule has 2 fully saturated rings. The summed E-state index contributed by atoms with van der Waals surface area (Å²) in [6, 6.07) is 14.6. The van der Waals surface area contributed by atoms with Gasteiger partial charge in [0, 0.05) is 12.1 Å². The molecule has 0 unspecified atom stereocenters. The maximum Gasteiger partial charge on any atom is 0.258 e. The molecule has 2 aromatic carbocycles. The summed E-state index contributed by atoms with van der Waals surface area (Å²) in [5.41, 5.74) is 3.84. The highest BCUT2D eigenvalue weighted by atomic mass is 16.5. The number of para-hydroxylation sites is 2. The Morgan fingerprint density at radius 2 is 1.62 bits per heavy atom. The third-order valence-electron chi connectivity index (χ3n) is 8.40. The van der Waals surface area contributed by atoms with Gasteiger partial charge in [-0.1, -0.05) is 62.8 Å². The second kappa shape index (κ2) is 12.7. The van der Waals surface area contributed by atoms with E-state index in [-0.39, 0.29) is 31.5 Å². The number of amides is 2. The first kappa shape index (κ1) is 27.2. The summed E-state index contributed by atoms with van der Waals surface area (Å²) in [6.45, 7) is 4.39. The van der Waals surface area contributed by atoms with E-state index in [1.165, 1.54) is 38.5 Å². The second-order valence-corrected chi connectivity index (χ2v) is 11.3. The summed E-state index contributed by atoms with van der Waals surface area (Å²) < 4.78 is 7.79. The predicted octanol–water partition coefficient (Wildman–Crippen LogP) is 5.84. The van der Waals surface area contributed by atoms with Crippen LogP contribution in [-0.4, -0.2) is 45.0 Å². The van der Waals surface area contributed by atoms with Crippen molar-refractivity contribution in [3.05, 3.63) is 59.4 Å².